The van der Waals surface area contributed by atoms with E-state index in [1.54, 1.807) is 18.8 Å². The van der Waals surface area contributed by atoms with Gasteiger partial charge in [-0.2, -0.15) is 0 Å². The molecule has 2 aromatic rings. The maximum Gasteiger partial charge on any atom is 0.415 e. The van der Waals surface area contributed by atoms with E-state index in [4.69, 9.17) is 9.47 Å². The standard InChI is InChI=1S/C23H30N4O5/c1-26(23(30)32-17-7-3-4-8-17)21-20(24-25-27(21)2)15-10-12-18(13-11-15)31-19-9-5-6-16(14-19)22(28)29/h10-13,16-17,19H,3-9,14H2,1-2H3,(H,28,29)/t16-,19-/m0/s1. The van der Waals surface area contributed by atoms with Gasteiger partial charge in [0.15, 0.2) is 5.82 Å². The van der Waals surface area contributed by atoms with Crippen molar-refractivity contribution < 1.29 is 24.2 Å². The molecule has 32 heavy (non-hydrogen) atoms. The fourth-order valence-electron chi connectivity index (χ4n) is 4.59. The second-order valence-corrected chi connectivity index (χ2v) is 8.70. The number of aryl methyl sites for hydroxylation is 1. The molecule has 2 aliphatic carbocycles. The van der Waals surface area contributed by atoms with Crippen LogP contribution in [0.4, 0.5) is 10.6 Å². The van der Waals surface area contributed by atoms with Gasteiger partial charge in [-0.25, -0.2) is 9.48 Å². The number of carboxylic acid groups (broad SMARTS) is 1. The Morgan fingerprint density at radius 2 is 1.75 bits per heavy atom. The fraction of sp³-hybridized carbons (Fsp3) is 0.565. The highest BCUT2D eigenvalue weighted by Gasteiger charge is 2.29. The molecule has 1 aromatic carbocycles. The Bertz CT molecular complexity index is 952. The van der Waals surface area contributed by atoms with Crippen molar-refractivity contribution in [2.24, 2.45) is 13.0 Å². The molecule has 2 fully saturated rings. The van der Waals surface area contributed by atoms with E-state index in [0.29, 0.717) is 30.1 Å². The van der Waals surface area contributed by atoms with Gasteiger partial charge in [-0.3, -0.25) is 9.69 Å². The molecule has 172 valence electrons. The van der Waals surface area contributed by atoms with E-state index >= 15 is 0 Å². The number of anilines is 1. The number of carbonyl (C=O) groups excluding carboxylic acids is 1. The van der Waals surface area contributed by atoms with Crippen LogP contribution in [0.1, 0.15) is 51.4 Å². The summed E-state index contributed by atoms with van der Waals surface area (Å²) in [4.78, 5) is 25.4. The molecule has 0 radical (unpaired) electrons. The van der Waals surface area contributed by atoms with Gasteiger partial charge in [0.25, 0.3) is 0 Å². The summed E-state index contributed by atoms with van der Waals surface area (Å²) in [5, 5.41) is 17.6. The van der Waals surface area contributed by atoms with Crippen LogP contribution in [-0.4, -0.2) is 51.4 Å². The van der Waals surface area contributed by atoms with E-state index in [2.05, 4.69) is 10.3 Å². The topological polar surface area (TPSA) is 107 Å². The summed E-state index contributed by atoms with van der Waals surface area (Å²) in [5.74, 6) is 0.150. The SMILES string of the molecule is CN(C(=O)OC1CCCC1)c1c(-c2ccc(O[C@H]3CCC[C@H](C(=O)O)C3)cc2)nnn1C. The minimum atomic E-state index is -0.751. The summed E-state index contributed by atoms with van der Waals surface area (Å²) in [5.41, 5.74) is 1.38. The van der Waals surface area contributed by atoms with Gasteiger partial charge in [-0.05, 0) is 75.6 Å². The van der Waals surface area contributed by atoms with Crippen LogP contribution in [-0.2, 0) is 16.6 Å². The number of benzene rings is 1. The number of carboxylic acids is 1. The second kappa shape index (κ2) is 9.58. The van der Waals surface area contributed by atoms with E-state index in [1.165, 1.54) is 4.90 Å². The van der Waals surface area contributed by atoms with Crippen LogP contribution in [0.15, 0.2) is 24.3 Å². The van der Waals surface area contributed by atoms with E-state index in [9.17, 15) is 14.7 Å². The van der Waals surface area contributed by atoms with E-state index < -0.39 is 12.1 Å². The number of nitrogens with zero attached hydrogens (tertiary/aromatic N) is 4. The molecule has 1 aromatic heterocycles. The molecule has 1 amide bonds. The van der Waals surface area contributed by atoms with Gasteiger partial charge in [-0.1, -0.05) is 5.21 Å². The quantitative estimate of drug-likeness (QED) is 0.720. The first-order chi connectivity index (χ1) is 15.4. The number of amides is 1. The molecule has 1 N–H and O–H groups in total. The molecule has 2 aliphatic rings. The molecule has 4 rings (SSSR count). The zero-order valence-corrected chi connectivity index (χ0v) is 18.6. The van der Waals surface area contributed by atoms with Crippen LogP contribution >= 0.6 is 0 Å². The van der Waals surface area contributed by atoms with E-state index in [0.717, 1.165) is 44.1 Å². The van der Waals surface area contributed by atoms with Crippen molar-refractivity contribution in [1.82, 2.24) is 15.0 Å². The van der Waals surface area contributed by atoms with E-state index in [1.807, 2.05) is 24.3 Å². The third kappa shape index (κ3) is 4.87. The third-order valence-electron chi connectivity index (χ3n) is 6.36. The summed E-state index contributed by atoms with van der Waals surface area (Å²) < 4.78 is 13.2. The number of carbonyl (C=O) groups is 2. The average molecular weight is 443 g/mol. The molecule has 0 aliphatic heterocycles. The van der Waals surface area contributed by atoms with Crippen molar-refractivity contribution in [2.75, 3.05) is 11.9 Å². The summed E-state index contributed by atoms with van der Waals surface area (Å²) in [6, 6.07) is 7.43. The number of aromatic nitrogens is 3. The lowest BCUT2D eigenvalue weighted by atomic mass is 9.87. The zero-order chi connectivity index (χ0) is 22.7. The fourth-order valence-corrected chi connectivity index (χ4v) is 4.59. The minimum absolute atomic E-state index is 0.0217. The van der Waals surface area contributed by atoms with Crippen molar-refractivity contribution in [3.8, 4) is 17.0 Å². The number of hydrogen-bond donors (Lipinski definition) is 1. The summed E-state index contributed by atoms with van der Waals surface area (Å²) in [6.45, 7) is 0. The molecule has 0 unspecified atom stereocenters. The monoisotopic (exact) mass is 442 g/mol. The van der Waals surface area contributed by atoms with Gasteiger partial charge in [0.1, 0.15) is 17.5 Å². The third-order valence-corrected chi connectivity index (χ3v) is 6.36. The smallest absolute Gasteiger partial charge is 0.415 e. The van der Waals surface area contributed by atoms with Gasteiger partial charge < -0.3 is 14.6 Å². The number of aliphatic carboxylic acids is 1. The van der Waals surface area contributed by atoms with Crippen LogP contribution < -0.4 is 9.64 Å². The lowest BCUT2D eigenvalue weighted by molar-refractivity contribution is -0.143. The van der Waals surface area contributed by atoms with Gasteiger partial charge in [0.2, 0.25) is 0 Å². The molecule has 0 bridgehead atoms. The number of hydrogen-bond acceptors (Lipinski definition) is 6. The zero-order valence-electron chi connectivity index (χ0n) is 18.6. The lowest BCUT2D eigenvalue weighted by Crippen LogP contribution is -2.32. The Morgan fingerprint density at radius 1 is 1.06 bits per heavy atom. The Kier molecular flexibility index (Phi) is 6.62. The Balaban J connectivity index is 1.45. The Labute approximate surface area is 187 Å². The predicted molar refractivity (Wildman–Crippen MR) is 118 cm³/mol. The van der Waals surface area contributed by atoms with Crippen molar-refractivity contribution >= 4 is 17.9 Å². The number of rotatable bonds is 6. The van der Waals surface area contributed by atoms with Crippen molar-refractivity contribution in [1.29, 1.82) is 0 Å². The summed E-state index contributed by atoms with van der Waals surface area (Å²) in [6.07, 6.45) is 6.41. The molecule has 9 heteroatoms. The molecule has 9 nitrogen and oxygen atoms in total. The van der Waals surface area contributed by atoms with Crippen LogP contribution in [0.25, 0.3) is 11.3 Å². The van der Waals surface area contributed by atoms with Crippen LogP contribution in [0.5, 0.6) is 5.75 Å². The van der Waals surface area contributed by atoms with Crippen molar-refractivity contribution in [2.45, 2.75) is 63.6 Å². The van der Waals surface area contributed by atoms with Crippen molar-refractivity contribution in [3.63, 3.8) is 0 Å². The molecule has 0 spiro atoms. The molecule has 0 saturated heterocycles. The Hall–Kier alpha value is -3.10. The second-order valence-electron chi connectivity index (χ2n) is 8.70. The largest absolute Gasteiger partial charge is 0.490 e. The maximum atomic E-state index is 12.7. The minimum Gasteiger partial charge on any atom is -0.490 e. The first kappa shape index (κ1) is 22.1. The predicted octanol–water partition coefficient (Wildman–Crippen LogP) is 4.02. The number of ether oxygens (including phenoxy) is 2. The summed E-state index contributed by atoms with van der Waals surface area (Å²) >= 11 is 0. The Morgan fingerprint density at radius 3 is 2.44 bits per heavy atom. The van der Waals surface area contributed by atoms with Crippen LogP contribution in [0.2, 0.25) is 0 Å². The molecular weight excluding hydrogens is 412 g/mol. The first-order valence-electron chi connectivity index (χ1n) is 11.3. The van der Waals surface area contributed by atoms with E-state index in [-0.39, 0.29) is 18.1 Å². The molecule has 1 heterocycles. The normalized spacial score (nSPS) is 21.3. The molecule has 2 atom stereocenters. The van der Waals surface area contributed by atoms with Gasteiger partial charge in [0.05, 0.1) is 12.0 Å². The highest BCUT2D eigenvalue weighted by Crippen LogP contribution is 2.32. The van der Waals surface area contributed by atoms with Gasteiger partial charge in [-0.15, -0.1) is 5.10 Å². The van der Waals surface area contributed by atoms with Crippen LogP contribution in [0, 0.1) is 5.92 Å². The first-order valence-corrected chi connectivity index (χ1v) is 11.3. The molecule has 2 saturated carbocycles. The van der Waals surface area contributed by atoms with Gasteiger partial charge >= 0.3 is 12.1 Å². The highest BCUT2D eigenvalue weighted by atomic mass is 16.6. The molecular formula is C23H30N4O5. The lowest BCUT2D eigenvalue weighted by Gasteiger charge is -2.27. The van der Waals surface area contributed by atoms with Crippen molar-refractivity contribution in [3.05, 3.63) is 24.3 Å². The van der Waals surface area contributed by atoms with Gasteiger partial charge in [0, 0.05) is 19.7 Å². The highest BCUT2D eigenvalue weighted by molar-refractivity contribution is 5.90. The average Bonchev–Trinajstić information content (AvgIpc) is 3.43. The summed E-state index contributed by atoms with van der Waals surface area (Å²) in [7, 11) is 3.41. The van der Waals surface area contributed by atoms with Crippen LogP contribution in [0.3, 0.4) is 0 Å². The maximum absolute atomic E-state index is 12.7.